The smallest absolute Gasteiger partial charge is 0.211 e. The van der Waals surface area contributed by atoms with Gasteiger partial charge in [0.1, 0.15) is 0 Å². The number of nitrogens with zero attached hydrogens (tertiary/aromatic N) is 1. The fourth-order valence-electron chi connectivity index (χ4n) is 1.20. The molecule has 0 aliphatic rings. The van der Waals surface area contributed by atoms with E-state index in [0.717, 1.165) is 15.5 Å². The number of aromatic nitrogens is 1. The van der Waals surface area contributed by atoms with E-state index < -0.39 is 0 Å². The molecule has 0 aromatic carbocycles. The predicted octanol–water partition coefficient (Wildman–Crippen LogP) is 3.38. The number of hydrogen-bond donors (Lipinski definition) is 1. The molecule has 2 N–H and O–H groups in total. The van der Waals surface area contributed by atoms with E-state index in [1.54, 1.807) is 17.5 Å². The minimum Gasteiger partial charge on any atom is -0.438 e. The molecule has 15 heavy (non-hydrogen) atoms. The normalized spacial score (nSPS) is 13.1. The highest BCUT2D eigenvalue weighted by Gasteiger charge is 2.14. The number of rotatable bonds is 2. The summed E-state index contributed by atoms with van der Waals surface area (Å²) in [6.07, 6.45) is 1.66. The molecule has 3 nitrogen and oxygen atoms in total. The average molecular weight is 243 g/mol. The fraction of sp³-hybridized carbons (Fsp3) is 0.300. The third-order valence-electron chi connectivity index (χ3n) is 2.04. The Hall–Kier alpha value is -0.840. The van der Waals surface area contributed by atoms with Crippen LogP contribution in [0.25, 0.3) is 10.6 Å². The second-order valence-corrected chi connectivity index (χ2v) is 4.67. The molecule has 80 valence electrons. The van der Waals surface area contributed by atoms with E-state index in [-0.39, 0.29) is 6.04 Å². The third-order valence-corrected chi connectivity index (χ3v) is 3.75. The molecule has 5 heteroatoms. The van der Waals surface area contributed by atoms with Crippen molar-refractivity contribution in [3.05, 3.63) is 28.1 Å². The molecule has 0 fully saturated rings. The SMILES string of the molecule is Cc1csc(-c2cnc(C(C)N)o2)c1Cl. The van der Waals surface area contributed by atoms with Gasteiger partial charge in [0.2, 0.25) is 5.89 Å². The monoisotopic (exact) mass is 242 g/mol. The van der Waals surface area contributed by atoms with E-state index in [2.05, 4.69) is 4.98 Å². The van der Waals surface area contributed by atoms with Crippen molar-refractivity contribution in [3.8, 4) is 10.6 Å². The number of thiophene rings is 1. The minimum atomic E-state index is -0.196. The molecular weight excluding hydrogens is 232 g/mol. The molecule has 0 spiro atoms. The van der Waals surface area contributed by atoms with Gasteiger partial charge in [0, 0.05) is 0 Å². The standard InChI is InChI=1S/C10H11ClN2OS/c1-5-4-15-9(8(5)11)7-3-13-10(14-7)6(2)12/h3-4,6H,12H2,1-2H3. The van der Waals surface area contributed by atoms with Crippen molar-refractivity contribution in [1.82, 2.24) is 4.98 Å². The molecular formula is C10H11ClN2OS. The average Bonchev–Trinajstić information content (AvgIpc) is 2.76. The number of aryl methyl sites for hydroxylation is 1. The molecule has 1 unspecified atom stereocenters. The third kappa shape index (κ3) is 1.93. The molecule has 2 aromatic heterocycles. The van der Waals surface area contributed by atoms with Crippen LogP contribution < -0.4 is 5.73 Å². The Morgan fingerprint density at radius 3 is 2.80 bits per heavy atom. The van der Waals surface area contributed by atoms with Crippen LogP contribution in [-0.2, 0) is 0 Å². The Morgan fingerprint density at radius 2 is 2.33 bits per heavy atom. The maximum Gasteiger partial charge on any atom is 0.211 e. The summed E-state index contributed by atoms with van der Waals surface area (Å²) in [6.45, 7) is 3.79. The second-order valence-electron chi connectivity index (χ2n) is 3.41. The molecule has 2 heterocycles. The summed E-state index contributed by atoms with van der Waals surface area (Å²) in [4.78, 5) is 5.01. The maximum absolute atomic E-state index is 6.12. The highest BCUT2D eigenvalue weighted by Crippen LogP contribution is 2.36. The summed E-state index contributed by atoms with van der Waals surface area (Å²) >= 11 is 7.67. The first-order chi connectivity index (χ1) is 7.09. The zero-order chi connectivity index (χ0) is 11.0. The van der Waals surface area contributed by atoms with Crippen molar-refractivity contribution in [2.45, 2.75) is 19.9 Å². The van der Waals surface area contributed by atoms with Crippen LogP contribution in [0.2, 0.25) is 5.02 Å². The van der Waals surface area contributed by atoms with Crippen molar-refractivity contribution < 1.29 is 4.42 Å². The Labute approximate surface area is 96.9 Å². The Morgan fingerprint density at radius 1 is 1.60 bits per heavy atom. The van der Waals surface area contributed by atoms with Crippen LogP contribution in [0.4, 0.5) is 0 Å². The lowest BCUT2D eigenvalue weighted by atomic mass is 10.3. The minimum absolute atomic E-state index is 0.196. The number of oxazole rings is 1. The first-order valence-electron chi connectivity index (χ1n) is 4.55. The van der Waals surface area contributed by atoms with Crippen molar-refractivity contribution >= 4 is 22.9 Å². The van der Waals surface area contributed by atoms with Crippen molar-refractivity contribution in [1.29, 1.82) is 0 Å². The molecule has 0 aliphatic carbocycles. The van der Waals surface area contributed by atoms with Gasteiger partial charge < -0.3 is 10.2 Å². The molecule has 1 atom stereocenters. The van der Waals surface area contributed by atoms with Crippen LogP contribution >= 0.6 is 22.9 Å². The van der Waals surface area contributed by atoms with E-state index in [9.17, 15) is 0 Å². The first-order valence-corrected chi connectivity index (χ1v) is 5.80. The van der Waals surface area contributed by atoms with Crippen LogP contribution in [0.3, 0.4) is 0 Å². The number of halogens is 1. The zero-order valence-electron chi connectivity index (χ0n) is 8.45. The fourth-order valence-corrected chi connectivity index (χ4v) is 2.43. The molecule has 2 rings (SSSR count). The van der Waals surface area contributed by atoms with Gasteiger partial charge in [0.25, 0.3) is 0 Å². The maximum atomic E-state index is 6.12. The van der Waals surface area contributed by atoms with Gasteiger partial charge in [0.15, 0.2) is 5.76 Å². The summed E-state index contributed by atoms with van der Waals surface area (Å²) in [6, 6.07) is -0.196. The highest BCUT2D eigenvalue weighted by molar-refractivity contribution is 7.14. The van der Waals surface area contributed by atoms with Crippen LogP contribution in [0, 0.1) is 6.92 Å². The lowest BCUT2D eigenvalue weighted by molar-refractivity contribution is 0.474. The van der Waals surface area contributed by atoms with Crippen molar-refractivity contribution in [3.63, 3.8) is 0 Å². The van der Waals surface area contributed by atoms with Crippen molar-refractivity contribution in [2.75, 3.05) is 0 Å². The van der Waals surface area contributed by atoms with E-state index in [1.165, 1.54) is 0 Å². The van der Waals surface area contributed by atoms with Gasteiger partial charge in [-0.2, -0.15) is 0 Å². The number of nitrogens with two attached hydrogens (primary N) is 1. The molecule has 0 aliphatic heterocycles. The first kappa shape index (κ1) is 10.7. The molecule has 0 radical (unpaired) electrons. The van der Waals surface area contributed by atoms with Gasteiger partial charge in [-0.15, -0.1) is 11.3 Å². The number of hydrogen-bond acceptors (Lipinski definition) is 4. The Bertz CT molecular complexity index is 475. The highest BCUT2D eigenvalue weighted by atomic mass is 35.5. The van der Waals surface area contributed by atoms with E-state index in [4.69, 9.17) is 21.8 Å². The molecule has 0 amide bonds. The summed E-state index contributed by atoms with van der Waals surface area (Å²) in [5.41, 5.74) is 6.71. The molecule has 2 aromatic rings. The second kappa shape index (κ2) is 3.96. The van der Waals surface area contributed by atoms with Crippen LogP contribution in [0.1, 0.15) is 24.4 Å². The van der Waals surface area contributed by atoms with Crippen LogP contribution in [0.5, 0.6) is 0 Å². The van der Waals surface area contributed by atoms with Gasteiger partial charge in [0.05, 0.1) is 22.1 Å². The Kier molecular flexibility index (Phi) is 2.82. The van der Waals surface area contributed by atoms with E-state index in [0.29, 0.717) is 11.7 Å². The van der Waals surface area contributed by atoms with Crippen LogP contribution in [0.15, 0.2) is 16.0 Å². The molecule has 0 bridgehead atoms. The summed E-state index contributed by atoms with van der Waals surface area (Å²) in [5, 5.41) is 2.72. The van der Waals surface area contributed by atoms with Gasteiger partial charge >= 0.3 is 0 Å². The van der Waals surface area contributed by atoms with E-state index in [1.807, 2.05) is 19.2 Å². The molecule has 0 saturated heterocycles. The zero-order valence-corrected chi connectivity index (χ0v) is 10.0. The van der Waals surface area contributed by atoms with Crippen LogP contribution in [-0.4, -0.2) is 4.98 Å². The predicted molar refractivity (Wildman–Crippen MR) is 62.2 cm³/mol. The largest absolute Gasteiger partial charge is 0.438 e. The molecule has 0 saturated carbocycles. The lowest BCUT2D eigenvalue weighted by Crippen LogP contribution is -2.04. The van der Waals surface area contributed by atoms with E-state index >= 15 is 0 Å². The topological polar surface area (TPSA) is 52.0 Å². The quantitative estimate of drug-likeness (QED) is 0.878. The Balaban J connectivity index is 2.41. The summed E-state index contributed by atoms with van der Waals surface area (Å²) < 4.78 is 5.52. The van der Waals surface area contributed by atoms with Gasteiger partial charge in [-0.05, 0) is 24.8 Å². The van der Waals surface area contributed by atoms with Gasteiger partial charge in [-0.25, -0.2) is 4.98 Å². The van der Waals surface area contributed by atoms with Gasteiger partial charge in [-0.3, -0.25) is 0 Å². The summed E-state index contributed by atoms with van der Waals surface area (Å²) in [5.74, 6) is 1.22. The van der Waals surface area contributed by atoms with Gasteiger partial charge in [-0.1, -0.05) is 11.6 Å². The van der Waals surface area contributed by atoms with Crippen molar-refractivity contribution in [2.24, 2.45) is 5.73 Å². The lowest BCUT2D eigenvalue weighted by Gasteiger charge is -1.97. The summed E-state index contributed by atoms with van der Waals surface area (Å²) in [7, 11) is 0.